The minimum atomic E-state index is -1.09. The number of hydrogen-bond donors (Lipinski definition) is 2. The first-order valence-corrected chi connectivity index (χ1v) is 8.90. The van der Waals surface area contributed by atoms with Crippen LogP contribution in [0.2, 0.25) is 0 Å². The van der Waals surface area contributed by atoms with Crippen molar-refractivity contribution in [2.45, 2.75) is 19.9 Å². The molecule has 0 fully saturated rings. The third kappa shape index (κ3) is 3.96. The maximum atomic E-state index is 13.7. The highest BCUT2D eigenvalue weighted by molar-refractivity contribution is 6.03. The topological polar surface area (TPSA) is 95.9 Å². The van der Waals surface area contributed by atoms with E-state index >= 15 is 0 Å². The average Bonchev–Trinajstić information content (AvgIpc) is 2.68. The summed E-state index contributed by atoms with van der Waals surface area (Å²) in [5, 5.41) is 11.8. The zero-order chi connectivity index (χ0) is 21.1. The van der Waals surface area contributed by atoms with E-state index in [4.69, 9.17) is 9.84 Å². The lowest BCUT2D eigenvalue weighted by molar-refractivity contribution is -0.139. The SMILES string of the molecule is CCOC(=O)C1=C(C)N(c2ccc(C(=O)O)cc2)C(=O)N[C@@H]1c1cccc(F)c1. The summed E-state index contributed by atoms with van der Waals surface area (Å²) in [6.45, 7) is 3.38. The second-order valence-electron chi connectivity index (χ2n) is 6.34. The Bertz CT molecular complexity index is 1000. The first kappa shape index (κ1) is 20.1. The molecular weight excluding hydrogens is 379 g/mol. The van der Waals surface area contributed by atoms with Gasteiger partial charge < -0.3 is 15.2 Å². The van der Waals surface area contributed by atoms with E-state index in [1.54, 1.807) is 19.9 Å². The van der Waals surface area contributed by atoms with Crippen LogP contribution in [0.3, 0.4) is 0 Å². The minimum Gasteiger partial charge on any atom is -0.478 e. The summed E-state index contributed by atoms with van der Waals surface area (Å²) in [6.07, 6.45) is 0. The van der Waals surface area contributed by atoms with E-state index in [-0.39, 0.29) is 17.7 Å². The maximum Gasteiger partial charge on any atom is 0.338 e. The molecule has 29 heavy (non-hydrogen) atoms. The Morgan fingerprint density at radius 3 is 2.48 bits per heavy atom. The van der Waals surface area contributed by atoms with Crippen LogP contribution in [-0.4, -0.2) is 29.7 Å². The van der Waals surface area contributed by atoms with Gasteiger partial charge in [0, 0.05) is 5.70 Å². The van der Waals surface area contributed by atoms with Crippen LogP contribution in [0.15, 0.2) is 59.8 Å². The van der Waals surface area contributed by atoms with Gasteiger partial charge in [0.15, 0.2) is 0 Å². The van der Waals surface area contributed by atoms with Crippen molar-refractivity contribution in [3.63, 3.8) is 0 Å². The van der Waals surface area contributed by atoms with E-state index in [9.17, 15) is 18.8 Å². The number of allylic oxidation sites excluding steroid dienone is 1. The summed E-state index contributed by atoms with van der Waals surface area (Å²) in [5.74, 6) is -2.22. The largest absolute Gasteiger partial charge is 0.478 e. The molecule has 1 aliphatic heterocycles. The Hall–Kier alpha value is -3.68. The number of carboxylic acid groups (broad SMARTS) is 1. The Labute approximate surface area is 166 Å². The number of anilines is 1. The van der Waals surface area contributed by atoms with Crippen LogP contribution in [-0.2, 0) is 9.53 Å². The van der Waals surface area contributed by atoms with Crippen LogP contribution in [0.1, 0.15) is 35.8 Å². The van der Waals surface area contributed by atoms with E-state index in [0.717, 1.165) is 0 Å². The van der Waals surface area contributed by atoms with Gasteiger partial charge in [-0.3, -0.25) is 4.90 Å². The van der Waals surface area contributed by atoms with Gasteiger partial charge in [-0.1, -0.05) is 12.1 Å². The second kappa shape index (κ2) is 8.14. The Balaban J connectivity index is 2.10. The van der Waals surface area contributed by atoms with E-state index in [0.29, 0.717) is 16.9 Å². The Morgan fingerprint density at radius 1 is 1.21 bits per heavy atom. The third-order valence-corrected chi connectivity index (χ3v) is 4.53. The normalized spacial score (nSPS) is 16.4. The van der Waals surface area contributed by atoms with Crippen LogP contribution in [0, 0.1) is 5.82 Å². The van der Waals surface area contributed by atoms with E-state index in [2.05, 4.69) is 5.32 Å². The molecule has 1 aliphatic rings. The Morgan fingerprint density at radius 2 is 1.90 bits per heavy atom. The molecule has 0 spiro atoms. The predicted octanol–water partition coefficient (Wildman–Crippen LogP) is 3.63. The van der Waals surface area contributed by atoms with Crippen molar-refractivity contribution in [3.8, 4) is 0 Å². The number of esters is 1. The van der Waals surface area contributed by atoms with Crippen molar-refractivity contribution in [1.29, 1.82) is 0 Å². The molecule has 2 amide bonds. The molecule has 150 valence electrons. The number of nitrogens with zero attached hydrogens (tertiary/aromatic N) is 1. The lowest BCUT2D eigenvalue weighted by Gasteiger charge is -2.35. The number of carboxylic acids is 1. The minimum absolute atomic E-state index is 0.0658. The van der Waals surface area contributed by atoms with Gasteiger partial charge in [0.2, 0.25) is 0 Å². The number of rotatable bonds is 5. The van der Waals surface area contributed by atoms with Crippen LogP contribution in [0.25, 0.3) is 0 Å². The fourth-order valence-electron chi connectivity index (χ4n) is 3.22. The van der Waals surface area contributed by atoms with E-state index < -0.39 is 29.8 Å². The van der Waals surface area contributed by atoms with Gasteiger partial charge in [0.05, 0.1) is 29.5 Å². The summed E-state index contributed by atoms with van der Waals surface area (Å²) < 4.78 is 18.9. The molecule has 2 N–H and O–H groups in total. The van der Waals surface area contributed by atoms with Crippen LogP contribution >= 0.6 is 0 Å². The number of halogens is 1. The third-order valence-electron chi connectivity index (χ3n) is 4.53. The fourth-order valence-corrected chi connectivity index (χ4v) is 3.22. The number of carbonyl (C=O) groups excluding carboxylic acids is 2. The summed E-state index contributed by atoms with van der Waals surface area (Å²) in [4.78, 5) is 37.8. The number of benzene rings is 2. The monoisotopic (exact) mass is 398 g/mol. The molecule has 0 saturated carbocycles. The van der Waals surface area contributed by atoms with Crippen molar-refractivity contribution < 1.29 is 28.6 Å². The predicted molar refractivity (Wildman–Crippen MR) is 103 cm³/mol. The van der Waals surface area contributed by atoms with E-state index in [1.807, 2.05) is 0 Å². The zero-order valence-corrected chi connectivity index (χ0v) is 15.8. The Kier molecular flexibility index (Phi) is 5.63. The highest BCUT2D eigenvalue weighted by Gasteiger charge is 2.37. The summed E-state index contributed by atoms with van der Waals surface area (Å²) >= 11 is 0. The highest BCUT2D eigenvalue weighted by Crippen LogP contribution is 2.34. The van der Waals surface area contributed by atoms with Gasteiger partial charge in [-0.2, -0.15) is 0 Å². The molecule has 0 bridgehead atoms. The van der Waals surface area contributed by atoms with Crippen LogP contribution in [0.4, 0.5) is 14.9 Å². The van der Waals surface area contributed by atoms with Crippen molar-refractivity contribution in [2.75, 3.05) is 11.5 Å². The number of urea groups is 1. The number of ether oxygens (including phenoxy) is 1. The van der Waals surface area contributed by atoms with Gasteiger partial charge in [0.1, 0.15) is 5.82 Å². The molecule has 7 nitrogen and oxygen atoms in total. The lowest BCUT2D eigenvalue weighted by Crippen LogP contribution is -2.48. The van der Waals surface area contributed by atoms with Gasteiger partial charge in [-0.05, 0) is 55.8 Å². The number of carbonyl (C=O) groups is 3. The number of hydrogen-bond acceptors (Lipinski definition) is 4. The first-order chi connectivity index (χ1) is 13.8. The molecule has 8 heteroatoms. The van der Waals surface area contributed by atoms with Crippen LogP contribution in [0.5, 0.6) is 0 Å². The van der Waals surface area contributed by atoms with Gasteiger partial charge >= 0.3 is 18.0 Å². The van der Waals surface area contributed by atoms with Crippen molar-refractivity contribution in [2.24, 2.45) is 0 Å². The van der Waals surface area contributed by atoms with Crippen molar-refractivity contribution >= 4 is 23.7 Å². The molecule has 1 heterocycles. The summed E-state index contributed by atoms with van der Waals surface area (Å²) in [6, 6.07) is 9.86. The summed E-state index contributed by atoms with van der Waals surface area (Å²) in [5.41, 5.74) is 1.33. The molecule has 3 rings (SSSR count). The van der Waals surface area contributed by atoms with Gasteiger partial charge in [-0.15, -0.1) is 0 Å². The molecule has 2 aromatic carbocycles. The second-order valence-corrected chi connectivity index (χ2v) is 6.34. The van der Waals surface area contributed by atoms with Crippen LogP contribution < -0.4 is 10.2 Å². The quantitative estimate of drug-likeness (QED) is 0.750. The van der Waals surface area contributed by atoms with E-state index in [1.165, 1.54) is 47.4 Å². The van der Waals surface area contributed by atoms with Crippen molar-refractivity contribution in [1.82, 2.24) is 5.32 Å². The zero-order valence-electron chi connectivity index (χ0n) is 15.8. The molecule has 0 aliphatic carbocycles. The highest BCUT2D eigenvalue weighted by atomic mass is 19.1. The molecule has 0 saturated heterocycles. The number of nitrogens with one attached hydrogen (secondary N) is 1. The van der Waals surface area contributed by atoms with Gasteiger partial charge in [-0.25, -0.2) is 18.8 Å². The number of amides is 2. The lowest BCUT2D eigenvalue weighted by atomic mass is 9.94. The molecule has 1 atom stereocenters. The fraction of sp³-hybridized carbons (Fsp3) is 0.190. The molecule has 0 aromatic heterocycles. The smallest absolute Gasteiger partial charge is 0.338 e. The first-order valence-electron chi connectivity index (χ1n) is 8.90. The van der Waals surface area contributed by atoms with Crippen molar-refractivity contribution in [3.05, 3.63) is 76.7 Å². The molecule has 0 unspecified atom stereocenters. The van der Waals surface area contributed by atoms with Gasteiger partial charge in [0.25, 0.3) is 0 Å². The standard InChI is InChI=1S/C21H19FN2O5/c1-3-29-20(27)17-12(2)24(16-9-7-13(8-10-16)19(25)26)21(28)23-18(17)14-5-4-6-15(22)11-14/h4-11,18H,3H2,1-2H3,(H,23,28)(H,25,26)/t18-/m1/s1. The maximum absolute atomic E-state index is 13.7. The molecular formula is C21H19FN2O5. The summed E-state index contributed by atoms with van der Waals surface area (Å²) in [7, 11) is 0. The molecule has 0 radical (unpaired) electrons. The average molecular weight is 398 g/mol. The number of aromatic carboxylic acids is 1. The molecule has 2 aromatic rings.